The van der Waals surface area contributed by atoms with Crippen LogP contribution in [0.1, 0.15) is 10.4 Å². The van der Waals surface area contributed by atoms with Crippen molar-refractivity contribution in [3.05, 3.63) is 39.3 Å². The maximum Gasteiger partial charge on any atom is 0.327 e. The van der Waals surface area contributed by atoms with Crippen molar-refractivity contribution in [3.63, 3.8) is 0 Å². The van der Waals surface area contributed by atoms with E-state index < -0.39 is 0 Å². The van der Waals surface area contributed by atoms with Gasteiger partial charge in [-0.25, -0.2) is 0 Å². The monoisotopic (exact) mass is 183 g/mol. The quantitative estimate of drug-likeness (QED) is 0.411. The number of nitrogens with zero attached hydrogens (tertiary/aromatic N) is 1. The molecule has 1 aromatic heterocycles. The lowest BCUT2D eigenvalue weighted by molar-refractivity contribution is -0.380. The van der Waals surface area contributed by atoms with E-state index in [0.717, 1.165) is 10.4 Å². The first-order chi connectivity index (χ1) is 5.65. The second-order valence-electron chi connectivity index (χ2n) is 2.45. The first-order valence-corrected chi connectivity index (χ1v) is 4.31. The highest BCUT2D eigenvalue weighted by Gasteiger charge is 2.14. The van der Waals surface area contributed by atoms with Crippen molar-refractivity contribution in [2.45, 2.75) is 13.3 Å². The summed E-state index contributed by atoms with van der Waals surface area (Å²) in [5, 5.41) is 10.7. The standard InChI is InChI=1S/C8H9NO2S/c1-3-4-7-5-6(2)8(12-7)9(10)11/h3,5H,1,4H2,2H3. The van der Waals surface area contributed by atoms with E-state index in [1.165, 1.54) is 11.3 Å². The van der Waals surface area contributed by atoms with Crippen molar-refractivity contribution in [2.24, 2.45) is 0 Å². The minimum absolute atomic E-state index is 0.242. The largest absolute Gasteiger partial charge is 0.327 e. The molecule has 0 spiro atoms. The van der Waals surface area contributed by atoms with Crippen LogP contribution in [0.25, 0.3) is 0 Å². The molecule has 0 amide bonds. The lowest BCUT2D eigenvalue weighted by atomic mass is 10.3. The van der Waals surface area contributed by atoms with Gasteiger partial charge in [-0.3, -0.25) is 10.1 Å². The van der Waals surface area contributed by atoms with Crippen molar-refractivity contribution in [1.82, 2.24) is 0 Å². The second kappa shape index (κ2) is 3.49. The average molecular weight is 183 g/mol. The van der Waals surface area contributed by atoms with Gasteiger partial charge in [0.25, 0.3) is 0 Å². The number of thiophene rings is 1. The summed E-state index contributed by atoms with van der Waals surface area (Å²) >= 11 is 1.22. The summed E-state index contributed by atoms with van der Waals surface area (Å²) in [6, 6.07) is 1.84. The fraction of sp³-hybridized carbons (Fsp3) is 0.250. The highest BCUT2D eigenvalue weighted by Crippen LogP contribution is 2.29. The van der Waals surface area contributed by atoms with Crippen molar-refractivity contribution >= 4 is 16.3 Å². The summed E-state index contributed by atoms with van der Waals surface area (Å²) < 4.78 is 0. The predicted octanol–water partition coefficient (Wildman–Crippen LogP) is 2.69. The van der Waals surface area contributed by atoms with Crippen LogP contribution in [0.3, 0.4) is 0 Å². The maximum absolute atomic E-state index is 10.4. The van der Waals surface area contributed by atoms with Crippen molar-refractivity contribution < 1.29 is 4.92 Å². The molecule has 0 unspecified atom stereocenters. The molecule has 12 heavy (non-hydrogen) atoms. The van der Waals surface area contributed by atoms with Crippen molar-refractivity contribution in [2.75, 3.05) is 0 Å². The molecule has 0 fully saturated rings. The topological polar surface area (TPSA) is 43.1 Å². The second-order valence-corrected chi connectivity index (χ2v) is 3.57. The Hall–Kier alpha value is -1.16. The van der Waals surface area contributed by atoms with Gasteiger partial charge in [-0.15, -0.1) is 6.58 Å². The molecule has 0 saturated heterocycles. The molecular formula is C8H9NO2S. The van der Waals surface area contributed by atoms with Gasteiger partial charge in [-0.2, -0.15) is 0 Å². The van der Waals surface area contributed by atoms with Crippen LogP contribution < -0.4 is 0 Å². The predicted molar refractivity (Wildman–Crippen MR) is 49.6 cm³/mol. The summed E-state index contributed by atoms with van der Waals surface area (Å²) in [4.78, 5) is 11.1. The Bertz CT molecular complexity index is 317. The average Bonchev–Trinajstić information content (AvgIpc) is 2.32. The van der Waals surface area contributed by atoms with Crippen LogP contribution >= 0.6 is 11.3 Å². The number of nitro groups is 1. The first kappa shape index (κ1) is 8.93. The molecule has 3 nitrogen and oxygen atoms in total. The molecule has 0 aliphatic heterocycles. The molecule has 0 radical (unpaired) electrons. The zero-order valence-electron chi connectivity index (χ0n) is 6.74. The Labute approximate surface area is 74.5 Å². The van der Waals surface area contributed by atoms with Gasteiger partial charge >= 0.3 is 5.00 Å². The number of rotatable bonds is 3. The Morgan fingerprint density at radius 2 is 2.50 bits per heavy atom. The SMILES string of the molecule is C=CCc1cc(C)c([N+](=O)[O-])s1. The molecule has 0 saturated carbocycles. The normalized spacial score (nSPS) is 9.75. The van der Waals surface area contributed by atoms with Crippen LogP contribution in [0.2, 0.25) is 0 Å². The van der Waals surface area contributed by atoms with Crippen molar-refractivity contribution in [3.8, 4) is 0 Å². The van der Waals surface area contributed by atoms with E-state index >= 15 is 0 Å². The van der Waals surface area contributed by atoms with E-state index in [0.29, 0.717) is 6.42 Å². The van der Waals surface area contributed by atoms with Gasteiger partial charge in [0.2, 0.25) is 0 Å². The molecular weight excluding hydrogens is 174 g/mol. The highest BCUT2D eigenvalue weighted by atomic mass is 32.1. The van der Waals surface area contributed by atoms with Crippen LogP contribution in [0.5, 0.6) is 0 Å². The molecule has 4 heteroatoms. The number of allylic oxidation sites excluding steroid dienone is 1. The van der Waals surface area contributed by atoms with Crippen LogP contribution in [0, 0.1) is 17.0 Å². The van der Waals surface area contributed by atoms with Gasteiger partial charge in [0.05, 0.1) is 4.92 Å². The summed E-state index contributed by atoms with van der Waals surface area (Å²) in [7, 11) is 0. The highest BCUT2D eigenvalue weighted by molar-refractivity contribution is 7.15. The summed E-state index contributed by atoms with van der Waals surface area (Å²) in [5.74, 6) is 0. The lowest BCUT2D eigenvalue weighted by Gasteiger charge is -1.83. The van der Waals surface area contributed by atoms with E-state index in [4.69, 9.17) is 0 Å². The Morgan fingerprint density at radius 1 is 1.83 bits per heavy atom. The van der Waals surface area contributed by atoms with Gasteiger partial charge in [0.15, 0.2) is 0 Å². The van der Waals surface area contributed by atoms with E-state index in [1.54, 1.807) is 13.0 Å². The molecule has 0 aliphatic rings. The van der Waals surface area contributed by atoms with Crippen LogP contribution in [-0.2, 0) is 6.42 Å². The molecule has 1 rings (SSSR count). The third-order valence-electron chi connectivity index (χ3n) is 1.45. The molecule has 0 aliphatic carbocycles. The number of hydrogen-bond acceptors (Lipinski definition) is 3. The molecule has 0 aromatic carbocycles. The number of aryl methyl sites for hydroxylation is 1. The zero-order valence-corrected chi connectivity index (χ0v) is 7.56. The molecule has 64 valence electrons. The Balaban J connectivity index is 2.99. The fourth-order valence-corrected chi connectivity index (χ4v) is 1.94. The molecule has 0 bridgehead atoms. The van der Waals surface area contributed by atoms with Gasteiger partial charge < -0.3 is 0 Å². The summed E-state index contributed by atoms with van der Waals surface area (Å²) in [6.45, 7) is 5.33. The minimum atomic E-state index is -0.341. The zero-order chi connectivity index (χ0) is 9.14. The summed E-state index contributed by atoms with van der Waals surface area (Å²) in [5.41, 5.74) is 0.738. The maximum atomic E-state index is 10.4. The third kappa shape index (κ3) is 1.71. The Morgan fingerprint density at radius 3 is 2.92 bits per heavy atom. The van der Waals surface area contributed by atoms with Gasteiger partial charge in [0.1, 0.15) is 0 Å². The lowest BCUT2D eigenvalue weighted by Crippen LogP contribution is -1.84. The first-order valence-electron chi connectivity index (χ1n) is 3.49. The van der Waals surface area contributed by atoms with Crippen LogP contribution in [-0.4, -0.2) is 4.92 Å². The fourth-order valence-electron chi connectivity index (χ4n) is 0.961. The smallest absolute Gasteiger partial charge is 0.258 e. The number of hydrogen-bond donors (Lipinski definition) is 0. The molecule has 1 aromatic rings. The van der Waals surface area contributed by atoms with Gasteiger partial charge in [-0.05, 0) is 19.4 Å². The third-order valence-corrected chi connectivity index (χ3v) is 2.67. The van der Waals surface area contributed by atoms with Gasteiger partial charge in [0, 0.05) is 10.4 Å². The minimum Gasteiger partial charge on any atom is -0.258 e. The summed E-state index contributed by atoms with van der Waals surface area (Å²) in [6.07, 6.45) is 2.45. The van der Waals surface area contributed by atoms with E-state index in [-0.39, 0.29) is 9.92 Å². The van der Waals surface area contributed by atoms with E-state index in [9.17, 15) is 10.1 Å². The van der Waals surface area contributed by atoms with E-state index in [1.807, 2.05) is 6.07 Å². The van der Waals surface area contributed by atoms with Crippen LogP contribution in [0.15, 0.2) is 18.7 Å². The van der Waals surface area contributed by atoms with Gasteiger partial charge in [-0.1, -0.05) is 17.4 Å². The van der Waals surface area contributed by atoms with Crippen molar-refractivity contribution in [1.29, 1.82) is 0 Å². The van der Waals surface area contributed by atoms with E-state index in [2.05, 4.69) is 6.58 Å². The molecule has 0 atom stereocenters. The Kier molecular flexibility index (Phi) is 2.60. The van der Waals surface area contributed by atoms with Crippen LogP contribution in [0.4, 0.5) is 5.00 Å². The molecule has 1 heterocycles. The molecule has 0 N–H and O–H groups in total.